The summed E-state index contributed by atoms with van der Waals surface area (Å²) in [7, 11) is 3.92. The Morgan fingerprint density at radius 3 is 2.61 bits per heavy atom. The third-order valence-corrected chi connectivity index (χ3v) is 5.82. The fraction of sp³-hybridized carbons (Fsp3) is 0.476. The minimum Gasteiger partial charge on any atom is -0.449 e. The van der Waals surface area contributed by atoms with E-state index >= 15 is 0 Å². The SMILES string of the molecule is CN(C)Cc1csc(-c2ccccc2NC(=O)OCC2CCN(OC(=O)C(F)(F)F)CC2)n1. The van der Waals surface area contributed by atoms with Crippen LogP contribution in [0.4, 0.5) is 23.7 Å². The van der Waals surface area contributed by atoms with Gasteiger partial charge in [-0.1, -0.05) is 12.1 Å². The standard InChI is InChI=1S/C21H25F3N4O4S/c1-27(2)11-15-13-33-18(25-15)16-5-3-4-6-17(16)26-20(30)31-12-14-7-9-28(10-8-14)32-19(29)21(22,23)24/h3-6,13-14H,7-12H2,1-2H3,(H,26,30). The summed E-state index contributed by atoms with van der Waals surface area (Å²) < 4.78 is 42.2. The van der Waals surface area contributed by atoms with Crippen LogP contribution in [0.2, 0.25) is 0 Å². The molecule has 0 saturated carbocycles. The number of amides is 1. The Bertz CT molecular complexity index is 959. The number of hydrogen-bond acceptors (Lipinski definition) is 8. The number of halogens is 3. The summed E-state index contributed by atoms with van der Waals surface area (Å²) in [6.45, 7) is 1.10. The average Bonchev–Trinajstić information content (AvgIpc) is 3.20. The molecule has 180 valence electrons. The zero-order valence-corrected chi connectivity index (χ0v) is 19.0. The van der Waals surface area contributed by atoms with Crippen molar-refractivity contribution in [3.63, 3.8) is 0 Å². The van der Waals surface area contributed by atoms with Crippen molar-refractivity contribution in [1.29, 1.82) is 0 Å². The molecule has 0 aliphatic carbocycles. The summed E-state index contributed by atoms with van der Waals surface area (Å²) in [5.41, 5.74) is 2.29. The quantitative estimate of drug-likeness (QED) is 0.629. The molecule has 0 bridgehead atoms. The molecule has 8 nitrogen and oxygen atoms in total. The average molecular weight is 487 g/mol. The molecule has 0 atom stereocenters. The summed E-state index contributed by atoms with van der Waals surface area (Å²) in [6.07, 6.45) is -4.79. The van der Waals surface area contributed by atoms with Crippen LogP contribution >= 0.6 is 11.3 Å². The number of rotatable bonds is 7. The van der Waals surface area contributed by atoms with Gasteiger partial charge in [0, 0.05) is 30.6 Å². The number of carbonyl (C=O) groups is 2. The van der Waals surface area contributed by atoms with Gasteiger partial charge in [-0.15, -0.1) is 16.4 Å². The van der Waals surface area contributed by atoms with Crippen LogP contribution in [0.25, 0.3) is 10.6 Å². The first-order valence-corrected chi connectivity index (χ1v) is 11.2. The third-order valence-electron chi connectivity index (χ3n) is 4.89. The highest BCUT2D eigenvalue weighted by atomic mass is 32.1. The first-order valence-electron chi connectivity index (χ1n) is 10.3. The number of hydroxylamine groups is 2. The van der Waals surface area contributed by atoms with E-state index in [9.17, 15) is 22.8 Å². The lowest BCUT2D eigenvalue weighted by molar-refractivity contribution is -0.242. The second-order valence-electron chi connectivity index (χ2n) is 7.90. The van der Waals surface area contributed by atoms with Crippen molar-refractivity contribution in [1.82, 2.24) is 14.9 Å². The Balaban J connectivity index is 1.48. The number of alkyl halides is 3. The number of hydrogen-bond donors (Lipinski definition) is 1. The molecule has 1 fully saturated rings. The van der Waals surface area contributed by atoms with Crippen LogP contribution in [-0.2, 0) is 20.9 Å². The van der Waals surface area contributed by atoms with Crippen LogP contribution in [0.1, 0.15) is 18.5 Å². The number of nitrogens with zero attached hydrogens (tertiary/aromatic N) is 3. The molecular weight excluding hydrogens is 461 g/mol. The predicted octanol–water partition coefficient (Wildman–Crippen LogP) is 4.15. The number of piperidine rings is 1. The van der Waals surface area contributed by atoms with E-state index in [4.69, 9.17) is 4.74 Å². The molecule has 1 saturated heterocycles. The van der Waals surface area contributed by atoms with Gasteiger partial charge in [-0.2, -0.15) is 13.2 Å². The summed E-state index contributed by atoms with van der Waals surface area (Å²) >= 11 is 1.49. The van der Waals surface area contributed by atoms with Gasteiger partial charge in [0.05, 0.1) is 18.0 Å². The molecule has 0 unspecified atom stereocenters. The first kappa shape index (κ1) is 24.9. The number of ether oxygens (including phenoxy) is 1. The molecule has 1 aliphatic rings. The minimum atomic E-state index is -5.03. The third kappa shape index (κ3) is 7.41. The van der Waals surface area contributed by atoms with Gasteiger partial charge in [0.1, 0.15) is 5.01 Å². The highest BCUT2D eigenvalue weighted by Crippen LogP contribution is 2.31. The van der Waals surface area contributed by atoms with E-state index in [2.05, 4.69) is 15.1 Å². The molecule has 33 heavy (non-hydrogen) atoms. The number of thiazole rings is 1. The van der Waals surface area contributed by atoms with Gasteiger partial charge in [0.25, 0.3) is 0 Å². The minimum absolute atomic E-state index is 0.0422. The summed E-state index contributed by atoms with van der Waals surface area (Å²) in [5, 5.41) is 6.48. The monoisotopic (exact) mass is 486 g/mol. The lowest BCUT2D eigenvalue weighted by atomic mass is 9.99. The number of anilines is 1. The van der Waals surface area contributed by atoms with Crippen molar-refractivity contribution in [2.45, 2.75) is 25.6 Å². The molecule has 1 aliphatic heterocycles. The van der Waals surface area contributed by atoms with E-state index < -0.39 is 18.2 Å². The van der Waals surface area contributed by atoms with Crippen molar-refractivity contribution in [3.8, 4) is 10.6 Å². The van der Waals surface area contributed by atoms with Gasteiger partial charge in [-0.25, -0.2) is 14.6 Å². The van der Waals surface area contributed by atoms with Crippen LogP contribution in [-0.4, -0.2) is 67.0 Å². The fourth-order valence-electron chi connectivity index (χ4n) is 3.28. The zero-order chi connectivity index (χ0) is 24.0. The molecule has 1 aromatic heterocycles. The van der Waals surface area contributed by atoms with Gasteiger partial charge >= 0.3 is 18.2 Å². The number of aromatic nitrogens is 1. The molecular formula is C21H25F3N4O4S. The van der Waals surface area contributed by atoms with E-state index in [0.717, 1.165) is 21.3 Å². The Morgan fingerprint density at radius 2 is 1.94 bits per heavy atom. The highest BCUT2D eigenvalue weighted by Gasteiger charge is 2.43. The molecule has 0 radical (unpaired) electrons. The van der Waals surface area contributed by atoms with Gasteiger partial charge in [-0.05, 0) is 45.0 Å². The maximum atomic E-state index is 12.3. The lowest BCUT2D eigenvalue weighted by Crippen LogP contribution is -2.40. The topological polar surface area (TPSA) is 84.0 Å². The van der Waals surface area contributed by atoms with Gasteiger partial charge in [0.15, 0.2) is 0 Å². The Kier molecular flexibility index (Phi) is 8.27. The molecule has 0 spiro atoms. The second-order valence-corrected chi connectivity index (χ2v) is 8.76. The van der Waals surface area contributed by atoms with Gasteiger partial charge < -0.3 is 14.5 Å². The predicted molar refractivity (Wildman–Crippen MR) is 116 cm³/mol. The Hall–Kier alpha value is -2.70. The molecule has 2 heterocycles. The number of carbonyl (C=O) groups excluding carboxylic acids is 2. The number of para-hydroxylation sites is 1. The molecule has 2 aromatic rings. The van der Waals surface area contributed by atoms with Crippen LogP contribution < -0.4 is 5.32 Å². The van der Waals surface area contributed by atoms with E-state index in [1.165, 1.54) is 11.3 Å². The zero-order valence-electron chi connectivity index (χ0n) is 18.2. The van der Waals surface area contributed by atoms with Crippen LogP contribution in [0.3, 0.4) is 0 Å². The second kappa shape index (κ2) is 10.9. The lowest BCUT2D eigenvalue weighted by Gasteiger charge is -2.30. The van der Waals surface area contributed by atoms with Gasteiger partial charge in [-0.3, -0.25) is 5.32 Å². The van der Waals surface area contributed by atoms with Crippen molar-refractivity contribution in [3.05, 3.63) is 35.3 Å². The molecule has 12 heteroatoms. The van der Waals surface area contributed by atoms with Crippen LogP contribution in [0.15, 0.2) is 29.6 Å². The fourth-order valence-corrected chi connectivity index (χ4v) is 4.13. The molecule has 3 rings (SSSR count). The smallest absolute Gasteiger partial charge is 0.449 e. The van der Waals surface area contributed by atoms with E-state index in [1.807, 2.05) is 36.5 Å². The van der Waals surface area contributed by atoms with Crippen molar-refractivity contribution in [2.75, 3.05) is 39.1 Å². The maximum absolute atomic E-state index is 12.3. The molecule has 1 N–H and O–H groups in total. The largest absolute Gasteiger partial charge is 0.492 e. The van der Waals surface area contributed by atoms with Crippen molar-refractivity contribution < 1.29 is 32.3 Å². The summed E-state index contributed by atoms with van der Waals surface area (Å²) in [6, 6.07) is 7.28. The van der Waals surface area contributed by atoms with Crippen LogP contribution in [0.5, 0.6) is 0 Å². The number of nitrogens with one attached hydrogen (secondary N) is 1. The van der Waals surface area contributed by atoms with E-state index in [1.54, 1.807) is 12.1 Å². The van der Waals surface area contributed by atoms with E-state index in [-0.39, 0.29) is 25.6 Å². The summed E-state index contributed by atoms with van der Waals surface area (Å²) in [4.78, 5) is 34.2. The van der Waals surface area contributed by atoms with Crippen molar-refractivity contribution in [2.24, 2.45) is 5.92 Å². The summed E-state index contributed by atoms with van der Waals surface area (Å²) in [5.74, 6) is -2.27. The maximum Gasteiger partial charge on any atom is 0.492 e. The van der Waals surface area contributed by atoms with E-state index in [0.29, 0.717) is 25.1 Å². The van der Waals surface area contributed by atoms with Crippen LogP contribution in [0, 0.1) is 5.92 Å². The molecule has 1 aromatic carbocycles. The Morgan fingerprint density at radius 1 is 1.24 bits per heavy atom. The number of benzene rings is 1. The first-order chi connectivity index (χ1) is 15.6. The van der Waals surface area contributed by atoms with Crippen molar-refractivity contribution >= 4 is 29.1 Å². The Labute approximate surface area is 193 Å². The normalized spacial score (nSPS) is 15.5. The van der Waals surface area contributed by atoms with Gasteiger partial charge in [0.2, 0.25) is 0 Å². The highest BCUT2D eigenvalue weighted by molar-refractivity contribution is 7.13. The molecule has 1 amide bonds.